The summed E-state index contributed by atoms with van der Waals surface area (Å²) >= 11 is 0. The smallest absolute Gasteiger partial charge is 0.438 e. The number of benzene rings is 1. The molecular formula is C12H10F6O6S. The van der Waals surface area contributed by atoms with Crippen LogP contribution in [0.15, 0.2) is 30.3 Å². The maximum absolute atomic E-state index is 12.9. The molecule has 0 bridgehead atoms. The van der Waals surface area contributed by atoms with E-state index in [1.807, 2.05) is 0 Å². The Bertz CT molecular complexity index is 683. The molecule has 0 heterocycles. The van der Waals surface area contributed by atoms with Crippen LogP contribution in [-0.2, 0) is 19.6 Å². The number of carbonyl (C=O) groups is 1. The average molecular weight is 396 g/mol. The Hall–Kier alpha value is -2.02. The van der Waals surface area contributed by atoms with Crippen LogP contribution in [0.4, 0.5) is 26.3 Å². The molecule has 0 aliphatic carbocycles. The SMILES string of the molecule is O=C(COc1ccccc1)OC(CS(=O)(=O)O)(C(F)(F)F)C(F)(F)F. The highest BCUT2D eigenvalue weighted by molar-refractivity contribution is 7.85. The summed E-state index contributed by atoms with van der Waals surface area (Å²) in [5, 5.41) is 0. The molecule has 0 aromatic heterocycles. The number of ether oxygens (including phenoxy) is 2. The predicted molar refractivity (Wildman–Crippen MR) is 69.3 cm³/mol. The Morgan fingerprint density at radius 1 is 1.00 bits per heavy atom. The van der Waals surface area contributed by atoms with Crippen LogP contribution in [0.2, 0.25) is 0 Å². The summed E-state index contributed by atoms with van der Waals surface area (Å²) in [7, 11) is -5.82. The van der Waals surface area contributed by atoms with Crippen LogP contribution < -0.4 is 4.74 Å². The van der Waals surface area contributed by atoms with Crippen LogP contribution in [0.5, 0.6) is 5.75 Å². The summed E-state index contributed by atoms with van der Waals surface area (Å²) < 4.78 is 115. The quantitative estimate of drug-likeness (QED) is 0.451. The second-order valence-corrected chi connectivity index (χ2v) is 6.08. The molecule has 0 saturated heterocycles. The van der Waals surface area contributed by atoms with E-state index in [9.17, 15) is 39.6 Å². The number of para-hydroxylation sites is 1. The van der Waals surface area contributed by atoms with E-state index < -0.39 is 46.4 Å². The molecule has 0 unspecified atom stereocenters. The lowest BCUT2D eigenvalue weighted by atomic mass is 10.1. The second-order valence-electron chi connectivity index (χ2n) is 4.62. The van der Waals surface area contributed by atoms with Crippen molar-refractivity contribution in [2.24, 2.45) is 0 Å². The molecule has 0 atom stereocenters. The molecule has 6 nitrogen and oxygen atoms in total. The Balaban J connectivity index is 3.09. The van der Waals surface area contributed by atoms with E-state index >= 15 is 0 Å². The minimum absolute atomic E-state index is 0.0566. The zero-order valence-electron chi connectivity index (χ0n) is 12.0. The van der Waals surface area contributed by atoms with Gasteiger partial charge >= 0.3 is 23.9 Å². The molecule has 25 heavy (non-hydrogen) atoms. The first kappa shape index (κ1) is 21.0. The molecule has 1 rings (SSSR count). The van der Waals surface area contributed by atoms with Crippen LogP contribution in [0.1, 0.15) is 0 Å². The number of carbonyl (C=O) groups excluding carboxylic acids is 1. The minimum Gasteiger partial charge on any atom is -0.482 e. The van der Waals surface area contributed by atoms with Gasteiger partial charge < -0.3 is 9.47 Å². The molecule has 0 aliphatic rings. The summed E-state index contributed by atoms with van der Waals surface area (Å²) in [5.74, 6) is -5.13. The lowest BCUT2D eigenvalue weighted by Crippen LogP contribution is -2.63. The molecule has 1 aromatic rings. The Kier molecular flexibility index (Phi) is 5.95. The van der Waals surface area contributed by atoms with Gasteiger partial charge in [-0.1, -0.05) is 18.2 Å². The molecule has 0 amide bonds. The van der Waals surface area contributed by atoms with Gasteiger partial charge in [0.25, 0.3) is 10.1 Å². The number of hydrogen-bond acceptors (Lipinski definition) is 5. The highest BCUT2D eigenvalue weighted by atomic mass is 32.2. The Labute approximate surface area is 137 Å². The Morgan fingerprint density at radius 3 is 1.88 bits per heavy atom. The summed E-state index contributed by atoms with van der Waals surface area (Å²) in [5.41, 5.74) is -5.44. The fraction of sp³-hybridized carbons (Fsp3) is 0.417. The third kappa shape index (κ3) is 5.49. The van der Waals surface area contributed by atoms with Gasteiger partial charge in [-0.2, -0.15) is 34.8 Å². The number of alkyl halides is 6. The van der Waals surface area contributed by atoms with Gasteiger partial charge in [-0.3, -0.25) is 4.55 Å². The molecule has 0 spiro atoms. The summed E-state index contributed by atoms with van der Waals surface area (Å²) in [6.07, 6.45) is -12.7. The molecule has 0 saturated carbocycles. The van der Waals surface area contributed by atoms with Gasteiger partial charge in [-0.15, -0.1) is 0 Å². The molecule has 0 radical (unpaired) electrons. The molecule has 142 valence electrons. The van der Waals surface area contributed by atoms with Crippen molar-refractivity contribution in [3.63, 3.8) is 0 Å². The van der Waals surface area contributed by atoms with Crippen molar-refractivity contribution >= 4 is 16.1 Å². The molecule has 0 aliphatic heterocycles. The van der Waals surface area contributed by atoms with E-state index in [4.69, 9.17) is 4.55 Å². The van der Waals surface area contributed by atoms with Crippen molar-refractivity contribution in [2.45, 2.75) is 18.0 Å². The maximum atomic E-state index is 12.9. The second kappa shape index (κ2) is 7.07. The monoisotopic (exact) mass is 396 g/mol. The fourth-order valence-electron chi connectivity index (χ4n) is 1.61. The topological polar surface area (TPSA) is 89.9 Å². The summed E-state index contributed by atoms with van der Waals surface area (Å²) in [6, 6.07) is 6.86. The summed E-state index contributed by atoms with van der Waals surface area (Å²) in [4.78, 5) is 11.4. The van der Waals surface area contributed by atoms with Crippen molar-refractivity contribution in [2.75, 3.05) is 12.4 Å². The molecule has 1 N–H and O–H groups in total. The highest BCUT2D eigenvalue weighted by Gasteiger charge is 2.75. The van der Waals surface area contributed by atoms with E-state index in [-0.39, 0.29) is 5.75 Å². The molecular weight excluding hydrogens is 386 g/mol. The Morgan fingerprint density at radius 2 is 1.48 bits per heavy atom. The maximum Gasteiger partial charge on any atom is 0.438 e. The van der Waals surface area contributed by atoms with Crippen molar-refractivity contribution in [3.05, 3.63) is 30.3 Å². The van der Waals surface area contributed by atoms with Gasteiger partial charge in [0.1, 0.15) is 11.5 Å². The standard InChI is InChI=1S/C12H10F6O6S/c13-11(14,15)10(12(16,17)18,7-25(20,21)22)24-9(19)6-23-8-4-2-1-3-5-8/h1-5H,6-7H2,(H,20,21,22). The van der Waals surface area contributed by atoms with Crippen molar-refractivity contribution in [3.8, 4) is 5.75 Å². The molecule has 13 heteroatoms. The fourth-order valence-corrected chi connectivity index (χ4v) is 2.51. The van der Waals surface area contributed by atoms with E-state index in [1.54, 1.807) is 0 Å². The zero-order chi connectivity index (χ0) is 19.5. The number of esters is 1. The van der Waals surface area contributed by atoms with Gasteiger partial charge in [-0.05, 0) is 12.1 Å². The van der Waals surface area contributed by atoms with Crippen LogP contribution >= 0.6 is 0 Å². The van der Waals surface area contributed by atoms with Gasteiger partial charge in [0.05, 0.1) is 0 Å². The minimum atomic E-state index is -6.37. The zero-order valence-corrected chi connectivity index (χ0v) is 12.8. The van der Waals surface area contributed by atoms with Crippen LogP contribution in [-0.4, -0.2) is 49.3 Å². The number of rotatable bonds is 6. The lowest BCUT2D eigenvalue weighted by Gasteiger charge is -2.35. The third-order valence-electron chi connectivity index (χ3n) is 2.69. The van der Waals surface area contributed by atoms with Gasteiger partial charge in [0.15, 0.2) is 6.61 Å². The third-order valence-corrected chi connectivity index (χ3v) is 3.46. The van der Waals surface area contributed by atoms with E-state index in [2.05, 4.69) is 9.47 Å². The number of halogens is 6. The van der Waals surface area contributed by atoms with Crippen LogP contribution in [0.25, 0.3) is 0 Å². The first-order valence-corrected chi connectivity index (χ1v) is 7.77. The molecule has 0 fully saturated rings. The lowest BCUT2D eigenvalue weighted by molar-refractivity contribution is -0.361. The van der Waals surface area contributed by atoms with Crippen molar-refractivity contribution in [1.29, 1.82) is 0 Å². The predicted octanol–water partition coefficient (Wildman–Crippen LogP) is 2.36. The van der Waals surface area contributed by atoms with Gasteiger partial charge in [0, 0.05) is 0 Å². The first-order valence-electron chi connectivity index (χ1n) is 6.16. The van der Waals surface area contributed by atoms with Crippen molar-refractivity contribution in [1.82, 2.24) is 0 Å². The van der Waals surface area contributed by atoms with E-state index in [1.165, 1.54) is 30.3 Å². The van der Waals surface area contributed by atoms with Gasteiger partial charge in [0.2, 0.25) is 0 Å². The highest BCUT2D eigenvalue weighted by Crippen LogP contribution is 2.46. The van der Waals surface area contributed by atoms with E-state index in [0.717, 1.165) is 0 Å². The normalized spacial score (nSPS) is 13.4. The largest absolute Gasteiger partial charge is 0.482 e. The van der Waals surface area contributed by atoms with Crippen molar-refractivity contribution < 1.29 is 53.6 Å². The van der Waals surface area contributed by atoms with Crippen LogP contribution in [0.3, 0.4) is 0 Å². The van der Waals surface area contributed by atoms with E-state index in [0.29, 0.717) is 0 Å². The first-order chi connectivity index (χ1) is 11.2. The summed E-state index contributed by atoms with van der Waals surface area (Å²) in [6.45, 7) is -1.36. The number of hydrogen-bond donors (Lipinski definition) is 1. The molecule has 1 aromatic carbocycles. The van der Waals surface area contributed by atoms with Gasteiger partial charge in [-0.25, -0.2) is 4.79 Å². The van der Waals surface area contributed by atoms with Crippen LogP contribution in [0, 0.1) is 0 Å². The average Bonchev–Trinajstić information content (AvgIpc) is 2.41.